The fraction of sp³-hybridized carbons (Fsp3) is 0.824. The van der Waals surface area contributed by atoms with Crippen molar-refractivity contribution in [2.75, 3.05) is 26.2 Å². The second-order valence-electron chi connectivity index (χ2n) is 6.58. The maximum Gasteiger partial charge on any atom is 0.409 e. The summed E-state index contributed by atoms with van der Waals surface area (Å²) in [4.78, 5) is 37.3. The summed E-state index contributed by atoms with van der Waals surface area (Å²) in [6.45, 7) is 3.35. The molecule has 7 heteroatoms. The first-order valence-electron chi connectivity index (χ1n) is 9.09. The van der Waals surface area contributed by atoms with Gasteiger partial charge in [0.15, 0.2) is 0 Å². The number of piperidine rings is 1. The maximum atomic E-state index is 12.0. The zero-order chi connectivity index (χ0) is 17.4. The van der Waals surface area contributed by atoms with E-state index in [1.807, 2.05) is 0 Å². The van der Waals surface area contributed by atoms with E-state index in [1.165, 1.54) is 6.42 Å². The Morgan fingerprint density at radius 2 is 1.71 bits per heavy atom. The van der Waals surface area contributed by atoms with Gasteiger partial charge in [0, 0.05) is 25.0 Å². The van der Waals surface area contributed by atoms with Crippen LogP contribution in [0.15, 0.2) is 0 Å². The summed E-state index contributed by atoms with van der Waals surface area (Å²) in [5.41, 5.74) is 0. The molecule has 2 rings (SSSR count). The van der Waals surface area contributed by atoms with Gasteiger partial charge in [-0.3, -0.25) is 9.59 Å². The quantitative estimate of drug-likeness (QED) is 0.793. The van der Waals surface area contributed by atoms with E-state index < -0.39 is 0 Å². The lowest BCUT2D eigenvalue weighted by atomic mass is 9.89. The highest BCUT2D eigenvalue weighted by molar-refractivity contribution is 5.86. The molecule has 1 saturated carbocycles. The topological polar surface area (TPSA) is 87.7 Å². The number of hydrogen-bond donors (Lipinski definition) is 2. The number of hydrogen-bond acceptors (Lipinski definition) is 4. The summed E-state index contributed by atoms with van der Waals surface area (Å²) in [5.74, 6) is -0.0879. The summed E-state index contributed by atoms with van der Waals surface area (Å²) in [6, 6.07) is 0.0507. The lowest BCUT2D eigenvalue weighted by Gasteiger charge is -2.31. The lowest BCUT2D eigenvalue weighted by molar-refractivity contribution is -0.129. The summed E-state index contributed by atoms with van der Waals surface area (Å²) in [6.07, 6.45) is 6.39. The Morgan fingerprint density at radius 1 is 1.04 bits per heavy atom. The Hall–Kier alpha value is -1.79. The van der Waals surface area contributed by atoms with Gasteiger partial charge in [0.1, 0.15) is 0 Å². The van der Waals surface area contributed by atoms with Crippen LogP contribution in [-0.2, 0) is 14.3 Å². The number of nitrogens with one attached hydrogen (secondary N) is 2. The molecule has 1 aliphatic heterocycles. The Kier molecular flexibility index (Phi) is 7.34. The van der Waals surface area contributed by atoms with Crippen molar-refractivity contribution in [3.05, 3.63) is 0 Å². The molecule has 0 atom stereocenters. The number of ether oxygens (including phenoxy) is 1. The van der Waals surface area contributed by atoms with Crippen LogP contribution in [0.25, 0.3) is 0 Å². The second-order valence-corrected chi connectivity index (χ2v) is 6.58. The summed E-state index contributed by atoms with van der Waals surface area (Å²) in [7, 11) is 0. The number of carbonyl (C=O) groups excluding carboxylic acids is 3. The van der Waals surface area contributed by atoms with E-state index in [0.29, 0.717) is 32.5 Å². The van der Waals surface area contributed by atoms with Gasteiger partial charge in [0.2, 0.25) is 11.8 Å². The molecule has 1 saturated heterocycles. The van der Waals surface area contributed by atoms with Crippen molar-refractivity contribution < 1.29 is 19.1 Å². The molecule has 0 aromatic rings. The minimum Gasteiger partial charge on any atom is -0.450 e. The number of likely N-dealkylation sites (tertiary alicyclic amines) is 1. The SMILES string of the molecule is CCOC(=O)N1CCC(NC(=O)CNC(=O)C2CCCCC2)CC1. The summed E-state index contributed by atoms with van der Waals surface area (Å²) >= 11 is 0. The number of carbonyl (C=O) groups is 3. The number of amides is 3. The molecule has 0 radical (unpaired) electrons. The minimum atomic E-state index is -0.290. The Morgan fingerprint density at radius 3 is 2.33 bits per heavy atom. The molecule has 2 N–H and O–H groups in total. The van der Waals surface area contributed by atoms with E-state index in [1.54, 1.807) is 11.8 Å². The zero-order valence-electron chi connectivity index (χ0n) is 14.5. The third-order valence-electron chi connectivity index (χ3n) is 4.79. The summed E-state index contributed by atoms with van der Waals surface area (Å²) < 4.78 is 4.97. The molecule has 7 nitrogen and oxygen atoms in total. The van der Waals surface area contributed by atoms with Crippen molar-refractivity contribution in [1.29, 1.82) is 0 Å². The lowest BCUT2D eigenvalue weighted by Crippen LogP contribution is -2.49. The fourth-order valence-corrected chi connectivity index (χ4v) is 3.38. The third-order valence-corrected chi connectivity index (χ3v) is 4.79. The third kappa shape index (κ3) is 5.69. The van der Waals surface area contributed by atoms with E-state index >= 15 is 0 Å². The molecule has 2 aliphatic rings. The molecule has 0 bridgehead atoms. The molecule has 3 amide bonds. The van der Waals surface area contributed by atoms with Crippen molar-refractivity contribution >= 4 is 17.9 Å². The number of nitrogens with zero attached hydrogens (tertiary/aromatic N) is 1. The highest BCUT2D eigenvalue weighted by Crippen LogP contribution is 2.23. The molecule has 24 heavy (non-hydrogen) atoms. The largest absolute Gasteiger partial charge is 0.450 e. The van der Waals surface area contributed by atoms with Gasteiger partial charge in [-0.05, 0) is 32.6 Å². The first kappa shape index (κ1) is 18.5. The standard InChI is InChI=1S/C17H29N3O4/c1-2-24-17(23)20-10-8-14(9-11-20)19-15(21)12-18-16(22)13-6-4-3-5-7-13/h13-14H,2-12H2,1H3,(H,18,22)(H,19,21). The van der Waals surface area contributed by atoms with Gasteiger partial charge in [0.05, 0.1) is 13.2 Å². The van der Waals surface area contributed by atoms with E-state index in [-0.39, 0.29) is 36.4 Å². The van der Waals surface area contributed by atoms with E-state index in [2.05, 4.69) is 10.6 Å². The van der Waals surface area contributed by atoms with E-state index in [4.69, 9.17) is 4.74 Å². The van der Waals surface area contributed by atoms with Crippen LogP contribution in [0.4, 0.5) is 4.79 Å². The van der Waals surface area contributed by atoms with Crippen LogP contribution in [-0.4, -0.2) is 55.1 Å². The van der Waals surface area contributed by atoms with Crippen molar-refractivity contribution in [2.24, 2.45) is 5.92 Å². The predicted molar refractivity (Wildman–Crippen MR) is 89.3 cm³/mol. The molecular weight excluding hydrogens is 310 g/mol. The second kappa shape index (κ2) is 9.49. The van der Waals surface area contributed by atoms with Crippen LogP contribution >= 0.6 is 0 Å². The normalized spacial score (nSPS) is 19.6. The van der Waals surface area contributed by atoms with Crippen LogP contribution < -0.4 is 10.6 Å². The van der Waals surface area contributed by atoms with Crippen LogP contribution in [0, 0.1) is 5.92 Å². The van der Waals surface area contributed by atoms with Gasteiger partial charge in [-0.25, -0.2) is 4.79 Å². The average Bonchev–Trinajstić information content (AvgIpc) is 2.61. The Bertz CT molecular complexity index is 441. The smallest absolute Gasteiger partial charge is 0.409 e. The Balaban J connectivity index is 1.62. The zero-order valence-corrected chi connectivity index (χ0v) is 14.5. The number of rotatable bonds is 5. The highest BCUT2D eigenvalue weighted by atomic mass is 16.6. The van der Waals surface area contributed by atoms with Gasteiger partial charge in [0.25, 0.3) is 0 Å². The van der Waals surface area contributed by atoms with Crippen LogP contribution in [0.1, 0.15) is 51.9 Å². The van der Waals surface area contributed by atoms with E-state index in [9.17, 15) is 14.4 Å². The van der Waals surface area contributed by atoms with Crippen molar-refractivity contribution in [1.82, 2.24) is 15.5 Å². The summed E-state index contributed by atoms with van der Waals surface area (Å²) in [5, 5.41) is 5.69. The molecule has 0 unspecified atom stereocenters. The molecule has 0 spiro atoms. The molecule has 136 valence electrons. The average molecular weight is 339 g/mol. The first-order valence-corrected chi connectivity index (χ1v) is 9.09. The molecule has 0 aromatic carbocycles. The molecule has 1 aliphatic carbocycles. The van der Waals surface area contributed by atoms with Crippen molar-refractivity contribution in [3.8, 4) is 0 Å². The minimum absolute atomic E-state index is 0.00183. The Labute approximate surface area is 143 Å². The fourth-order valence-electron chi connectivity index (χ4n) is 3.38. The molecule has 0 aromatic heterocycles. The van der Waals surface area contributed by atoms with E-state index in [0.717, 1.165) is 25.7 Å². The van der Waals surface area contributed by atoms with Gasteiger partial charge in [-0.2, -0.15) is 0 Å². The van der Waals surface area contributed by atoms with Gasteiger partial charge in [-0.15, -0.1) is 0 Å². The maximum absolute atomic E-state index is 12.0. The molecule has 2 fully saturated rings. The van der Waals surface area contributed by atoms with Crippen LogP contribution in [0.2, 0.25) is 0 Å². The van der Waals surface area contributed by atoms with Crippen molar-refractivity contribution in [2.45, 2.75) is 57.9 Å². The predicted octanol–water partition coefficient (Wildman–Crippen LogP) is 1.42. The van der Waals surface area contributed by atoms with Gasteiger partial charge < -0.3 is 20.3 Å². The highest BCUT2D eigenvalue weighted by Gasteiger charge is 2.25. The molecule has 1 heterocycles. The van der Waals surface area contributed by atoms with Gasteiger partial charge in [-0.1, -0.05) is 19.3 Å². The van der Waals surface area contributed by atoms with Gasteiger partial charge >= 0.3 is 6.09 Å². The van der Waals surface area contributed by atoms with Crippen molar-refractivity contribution in [3.63, 3.8) is 0 Å². The monoisotopic (exact) mass is 339 g/mol. The van der Waals surface area contributed by atoms with Crippen LogP contribution in [0.5, 0.6) is 0 Å². The molecular formula is C17H29N3O4. The first-order chi connectivity index (χ1) is 11.6. The van der Waals surface area contributed by atoms with Crippen LogP contribution in [0.3, 0.4) is 0 Å².